The summed E-state index contributed by atoms with van der Waals surface area (Å²) in [5.74, 6) is -0.446. The van der Waals surface area contributed by atoms with Crippen molar-refractivity contribution < 1.29 is 17.6 Å². The molecule has 0 unspecified atom stereocenters. The van der Waals surface area contributed by atoms with E-state index in [0.717, 1.165) is 18.7 Å². The standard InChI is InChI=1S/C12H15FN2O3S/c1-7-5-9(7)12(16)14-8-3-4-10(13)11(6-8)15-19(2,17)18/h3-4,6-7,9,15H,5H2,1-2H3,(H,14,16)/t7-,9+/m0/s1. The molecule has 1 aliphatic carbocycles. The minimum absolute atomic E-state index is 0.00336. The van der Waals surface area contributed by atoms with Crippen LogP contribution in [0.4, 0.5) is 15.8 Å². The van der Waals surface area contributed by atoms with Crippen LogP contribution in [0.1, 0.15) is 13.3 Å². The Kier molecular flexibility index (Phi) is 3.49. The lowest BCUT2D eigenvalue weighted by atomic mass is 10.2. The molecule has 0 spiro atoms. The zero-order valence-electron chi connectivity index (χ0n) is 10.6. The smallest absolute Gasteiger partial charge is 0.229 e. The number of hydrogen-bond acceptors (Lipinski definition) is 3. The van der Waals surface area contributed by atoms with Gasteiger partial charge in [-0.1, -0.05) is 6.92 Å². The van der Waals surface area contributed by atoms with Gasteiger partial charge in [-0.2, -0.15) is 0 Å². The van der Waals surface area contributed by atoms with Gasteiger partial charge < -0.3 is 5.32 Å². The quantitative estimate of drug-likeness (QED) is 0.886. The third-order valence-electron chi connectivity index (χ3n) is 2.98. The van der Waals surface area contributed by atoms with Crippen molar-refractivity contribution >= 4 is 27.3 Å². The van der Waals surface area contributed by atoms with Crippen molar-refractivity contribution in [1.82, 2.24) is 0 Å². The van der Waals surface area contributed by atoms with Crippen LogP contribution in [0.2, 0.25) is 0 Å². The lowest BCUT2D eigenvalue weighted by molar-refractivity contribution is -0.117. The van der Waals surface area contributed by atoms with Crippen LogP contribution in [-0.2, 0) is 14.8 Å². The highest BCUT2D eigenvalue weighted by atomic mass is 32.2. The molecule has 2 N–H and O–H groups in total. The van der Waals surface area contributed by atoms with Crippen molar-refractivity contribution in [3.63, 3.8) is 0 Å². The van der Waals surface area contributed by atoms with Crippen LogP contribution in [0, 0.1) is 17.7 Å². The van der Waals surface area contributed by atoms with E-state index >= 15 is 0 Å². The highest BCUT2D eigenvalue weighted by molar-refractivity contribution is 7.92. The van der Waals surface area contributed by atoms with E-state index in [1.807, 2.05) is 6.92 Å². The zero-order valence-corrected chi connectivity index (χ0v) is 11.4. The van der Waals surface area contributed by atoms with Crippen molar-refractivity contribution in [3.05, 3.63) is 24.0 Å². The Morgan fingerprint density at radius 2 is 2.05 bits per heavy atom. The van der Waals surface area contributed by atoms with Gasteiger partial charge in [0, 0.05) is 11.6 Å². The van der Waals surface area contributed by atoms with E-state index in [4.69, 9.17) is 0 Å². The minimum atomic E-state index is -3.56. The summed E-state index contributed by atoms with van der Waals surface area (Å²) in [5.41, 5.74) is 0.195. The summed E-state index contributed by atoms with van der Waals surface area (Å²) >= 11 is 0. The average molecular weight is 286 g/mol. The molecule has 5 nitrogen and oxygen atoms in total. The average Bonchev–Trinajstić information content (AvgIpc) is 2.98. The second-order valence-corrected chi connectivity index (χ2v) is 6.63. The molecule has 0 aromatic heterocycles. The van der Waals surface area contributed by atoms with Crippen LogP contribution in [-0.4, -0.2) is 20.6 Å². The molecule has 104 valence electrons. The molecule has 1 amide bonds. The summed E-state index contributed by atoms with van der Waals surface area (Å²) in [7, 11) is -3.56. The number of carbonyl (C=O) groups is 1. The summed E-state index contributed by atoms with van der Waals surface area (Å²) < 4.78 is 37.7. The molecular formula is C12H15FN2O3S. The fraction of sp³-hybridized carbons (Fsp3) is 0.417. The van der Waals surface area contributed by atoms with E-state index in [9.17, 15) is 17.6 Å². The fourth-order valence-electron chi connectivity index (χ4n) is 1.80. The van der Waals surface area contributed by atoms with Gasteiger partial charge in [0.15, 0.2) is 0 Å². The molecule has 1 aromatic rings. The third kappa shape index (κ3) is 3.66. The number of benzene rings is 1. The molecule has 1 fully saturated rings. The summed E-state index contributed by atoms with van der Waals surface area (Å²) in [5, 5.41) is 2.65. The van der Waals surface area contributed by atoms with E-state index in [-0.39, 0.29) is 17.5 Å². The Morgan fingerprint density at radius 1 is 1.42 bits per heavy atom. The molecule has 0 aliphatic heterocycles. The van der Waals surface area contributed by atoms with Crippen LogP contribution in [0.25, 0.3) is 0 Å². The topological polar surface area (TPSA) is 75.3 Å². The number of carbonyl (C=O) groups excluding carboxylic acids is 1. The highest BCUT2D eigenvalue weighted by Gasteiger charge is 2.39. The normalized spacial score (nSPS) is 21.8. The van der Waals surface area contributed by atoms with Gasteiger partial charge in [-0.3, -0.25) is 9.52 Å². The van der Waals surface area contributed by atoms with Gasteiger partial charge in [-0.15, -0.1) is 0 Å². The Hall–Kier alpha value is -1.63. The lowest BCUT2D eigenvalue weighted by Crippen LogP contribution is -2.15. The Labute approximate surface area is 111 Å². The first-order valence-corrected chi connectivity index (χ1v) is 7.73. The van der Waals surface area contributed by atoms with Crippen molar-refractivity contribution in [1.29, 1.82) is 0 Å². The summed E-state index contributed by atoms with van der Waals surface area (Å²) in [6.07, 6.45) is 1.78. The number of sulfonamides is 1. The highest BCUT2D eigenvalue weighted by Crippen LogP contribution is 2.38. The molecule has 19 heavy (non-hydrogen) atoms. The Morgan fingerprint density at radius 3 is 2.58 bits per heavy atom. The number of halogens is 1. The van der Waals surface area contributed by atoms with Crippen LogP contribution in [0.5, 0.6) is 0 Å². The van der Waals surface area contributed by atoms with E-state index in [1.54, 1.807) is 0 Å². The maximum absolute atomic E-state index is 13.4. The summed E-state index contributed by atoms with van der Waals surface area (Å²) in [6.45, 7) is 1.98. The molecule has 0 bridgehead atoms. The Balaban J connectivity index is 2.14. The molecule has 0 heterocycles. The van der Waals surface area contributed by atoms with Crippen molar-refractivity contribution in [2.75, 3.05) is 16.3 Å². The predicted molar refractivity (Wildman–Crippen MR) is 70.8 cm³/mol. The summed E-state index contributed by atoms with van der Waals surface area (Å²) in [6, 6.07) is 3.77. The van der Waals surface area contributed by atoms with Crippen LogP contribution in [0.15, 0.2) is 18.2 Å². The second-order valence-electron chi connectivity index (χ2n) is 4.88. The summed E-state index contributed by atoms with van der Waals surface area (Å²) in [4.78, 5) is 11.7. The Bertz CT molecular complexity index is 615. The molecule has 7 heteroatoms. The van der Waals surface area contributed by atoms with Gasteiger partial charge in [-0.05, 0) is 30.5 Å². The van der Waals surface area contributed by atoms with Crippen molar-refractivity contribution in [3.8, 4) is 0 Å². The van der Waals surface area contributed by atoms with E-state index in [1.165, 1.54) is 12.1 Å². The molecule has 1 aromatic carbocycles. The van der Waals surface area contributed by atoms with Gasteiger partial charge in [0.05, 0.1) is 11.9 Å². The number of anilines is 2. The number of hydrogen-bond donors (Lipinski definition) is 2. The first-order valence-electron chi connectivity index (χ1n) is 5.84. The molecular weight excluding hydrogens is 271 g/mol. The van der Waals surface area contributed by atoms with Crippen LogP contribution < -0.4 is 10.0 Å². The number of amides is 1. The van der Waals surface area contributed by atoms with Gasteiger partial charge in [-0.25, -0.2) is 12.8 Å². The van der Waals surface area contributed by atoms with Gasteiger partial charge >= 0.3 is 0 Å². The molecule has 1 saturated carbocycles. The molecule has 2 rings (SSSR count). The third-order valence-corrected chi connectivity index (χ3v) is 3.57. The van der Waals surface area contributed by atoms with Gasteiger partial charge in [0.1, 0.15) is 5.82 Å². The van der Waals surface area contributed by atoms with Crippen LogP contribution in [0.3, 0.4) is 0 Å². The van der Waals surface area contributed by atoms with Gasteiger partial charge in [0.2, 0.25) is 15.9 Å². The molecule has 0 radical (unpaired) electrons. The largest absolute Gasteiger partial charge is 0.326 e. The van der Waals surface area contributed by atoms with Crippen LogP contribution >= 0.6 is 0 Å². The van der Waals surface area contributed by atoms with Crippen molar-refractivity contribution in [2.24, 2.45) is 11.8 Å². The maximum Gasteiger partial charge on any atom is 0.229 e. The van der Waals surface area contributed by atoms with E-state index < -0.39 is 15.8 Å². The monoisotopic (exact) mass is 286 g/mol. The first kappa shape index (κ1) is 13.8. The molecule has 1 aliphatic rings. The molecule has 0 saturated heterocycles. The maximum atomic E-state index is 13.4. The van der Waals surface area contributed by atoms with Gasteiger partial charge in [0.25, 0.3) is 0 Å². The SMILES string of the molecule is C[C@H]1C[C@H]1C(=O)Nc1ccc(F)c(NS(C)(=O)=O)c1. The van der Waals surface area contributed by atoms with E-state index in [0.29, 0.717) is 11.6 Å². The predicted octanol–water partition coefficient (Wildman–Crippen LogP) is 1.79. The second kappa shape index (κ2) is 4.80. The number of nitrogens with one attached hydrogen (secondary N) is 2. The first-order chi connectivity index (χ1) is 8.76. The zero-order chi connectivity index (χ0) is 14.2. The molecule has 2 atom stereocenters. The van der Waals surface area contributed by atoms with Crippen molar-refractivity contribution in [2.45, 2.75) is 13.3 Å². The minimum Gasteiger partial charge on any atom is -0.326 e. The van der Waals surface area contributed by atoms with E-state index in [2.05, 4.69) is 10.0 Å². The number of rotatable bonds is 4. The fourth-order valence-corrected chi connectivity index (χ4v) is 2.36. The lowest BCUT2D eigenvalue weighted by Gasteiger charge is -2.09.